The summed E-state index contributed by atoms with van der Waals surface area (Å²) in [7, 11) is 0. The summed E-state index contributed by atoms with van der Waals surface area (Å²) in [5, 5.41) is 12.4. The molecule has 0 spiro atoms. The van der Waals surface area contributed by atoms with E-state index in [0.29, 0.717) is 41.1 Å². The molecule has 0 atom stereocenters. The normalized spacial score (nSPS) is 14.5. The second-order valence-corrected chi connectivity index (χ2v) is 13.3. The third-order valence-electron chi connectivity index (χ3n) is 7.40. The number of H-pyrrole nitrogens is 1. The van der Waals surface area contributed by atoms with Gasteiger partial charge in [-0.25, -0.2) is 14.5 Å². The Morgan fingerprint density at radius 3 is 2.16 bits per heavy atom. The van der Waals surface area contributed by atoms with Gasteiger partial charge in [-0.1, -0.05) is 34.6 Å². The molecule has 0 bridgehead atoms. The molecule has 1 saturated heterocycles. The van der Waals surface area contributed by atoms with Crippen LogP contribution in [-0.4, -0.2) is 62.7 Å². The molecule has 1 aliphatic heterocycles. The van der Waals surface area contributed by atoms with Gasteiger partial charge >= 0.3 is 11.7 Å². The first-order valence-corrected chi connectivity index (χ1v) is 14.6. The quantitative estimate of drug-likeness (QED) is 0.250. The summed E-state index contributed by atoms with van der Waals surface area (Å²) in [5.41, 5.74) is 1.33. The predicted molar refractivity (Wildman–Crippen MR) is 165 cm³/mol. The molecule has 5 rings (SSSR count). The van der Waals surface area contributed by atoms with Gasteiger partial charge in [0.2, 0.25) is 0 Å². The molecule has 4 aromatic rings. The van der Waals surface area contributed by atoms with Crippen LogP contribution < -0.4 is 15.3 Å². The van der Waals surface area contributed by atoms with Crippen LogP contribution in [0.1, 0.15) is 71.8 Å². The van der Waals surface area contributed by atoms with Gasteiger partial charge in [0.15, 0.2) is 5.82 Å². The van der Waals surface area contributed by atoms with Crippen molar-refractivity contribution in [3.05, 3.63) is 52.6 Å². The van der Waals surface area contributed by atoms with Gasteiger partial charge < -0.3 is 14.4 Å². The third-order valence-corrected chi connectivity index (χ3v) is 7.40. The minimum Gasteiger partial charge on any atom is -0.425 e. The van der Waals surface area contributed by atoms with Crippen LogP contribution >= 0.6 is 0 Å². The molecular weight excluding hydrogens is 548 g/mol. The Morgan fingerprint density at radius 2 is 1.58 bits per heavy atom. The van der Waals surface area contributed by atoms with Crippen molar-refractivity contribution in [3.8, 4) is 22.8 Å². The first-order valence-electron chi connectivity index (χ1n) is 14.6. The van der Waals surface area contributed by atoms with Gasteiger partial charge in [0.25, 0.3) is 5.91 Å². The van der Waals surface area contributed by atoms with Gasteiger partial charge in [0, 0.05) is 35.6 Å². The second kappa shape index (κ2) is 11.1. The van der Waals surface area contributed by atoms with Gasteiger partial charge in [-0.15, -0.1) is 0 Å². The highest BCUT2D eigenvalue weighted by molar-refractivity contribution is 5.98. The highest BCUT2D eigenvalue weighted by Gasteiger charge is 2.31. The number of benzene rings is 2. The number of hydrogen-bond acceptors (Lipinski definition) is 8. The van der Waals surface area contributed by atoms with Crippen molar-refractivity contribution in [2.45, 2.75) is 61.3 Å². The van der Waals surface area contributed by atoms with Gasteiger partial charge in [-0.05, 0) is 57.0 Å². The van der Waals surface area contributed by atoms with E-state index in [1.54, 1.807) is 26.8 Å². The van der Waals surface area contributed by atoms with Crippen molar-refractivity contribution in [2.24, 2.45) is 10.8 Å². The number of anilines is 1. The maximum Gasteiger partial charge on any atom is 0.348 e. The van der Waals surface area contributed by atoms with E-state index in [2.05, 4.69) is 15.1 Å². The standard InChI is InChI=1S/C32H40N6O5/c1-19(2)26-22-17-23(25(43-29(40)32(6,7)8)18-24(22)38(35-26)28(39)31(3,4)5)27-33-34-30(41)37(27)21-11-9-20(10-12-21)36-13-15-42-16-14-36/h9-12,17-19H,13-16H2,1-8H3,(H,34,41). The number of hydrogen-bond donors (Lipinski definition) is 1. The first-order chi connectivity index (χ1) is 20.2. The molecule has 0 unspecified atom stereocenters. The molecule has 2 aromatic heterocycles. The number of aromatic nitrogens is 5. The Balaban J connectivity index is 1.71. The second-order valence-electron chi connectivity index (χ2n) is 13.3. The summed E-state index contributed by atoms with van der Waals surface area (Å²) in [4.78, 5) is 42.1. The molecule has 2 aromatic carbocycles. The monoisotopic (exact) mass is 588 g/mol. The van der Waals surface area contributed by atoms with Crippen LogP contribution in [0.15, 0.2) is 41.2 Å². The number of nitrogens with one attached hydrogen (secondary N) is 1. The van der Waals surface area contributed by atoms with Crippen LogP contribution in [0.5, 0.6) is 5.75 Å². The summed E-state index contributed by atoms with van der Waals surface area (Å²) in [6.07, 6.45) is 0. The van der Waals surface area contributed by atoms with E-state index in [1.807, 2.05) is 65.0 Å². The molecular formula is C32H40N6O5. The zero-order valence-electron chi connectivity index (χ0n) is 26.1. The molecule has 1 aliphatic rings. The van der Waals surface area contributed by atoms with E-state index >= 15 is 0 Å². The zero-order chi connectivity index (χ0) is 31.3. The summed E-state index contributed by atoms with van der Waals surface area (Å²) in [5.74, 6) is -0.225. The molecule has 228 valence electrons. The van der Waals surface area contributed by atoms with Gasteiger partial charge in [0.1, 0.15) is 5.75 Å². The molecule has 0 aliphatic carbocycles. The van der Waals surface area contributed by atoms with Gasteiger partial charge in [-0.2, -0.15) is 14.9 Å². The summed E-state index contributed by atoms with van der Waals surface area (Å²) in [6, 6.07) is 11.1. The van der Waals surface area contributed by atoms with E-state index in [-0.39, 0.29) is 23.4 Å². The molecule has 11 heteroatoms. The molecule has 1 N–H and O–H groups in total. The fraction of sp³-hybridized carbons (Fsp3) is 0.469. The Kier molecular flexibility index (Phi) is 7.81. The third kappa shape index (κ3) is 5.86. The van der Waals surface area contributed by atoms with Crippen LogP contribution in [0.2, 0.25) is 0 Å². The van der Waals surface area contributed by atoms with Crippen molar-refractivity contribution in [2.75, 3.05) is 31.2 Å². The lowest BCUT2D eigenvalue weighted by Crippen LogP contribution is -2.36. The van der Waals surface area contributed by atoms with E-state index in [4.69, 9.17) is 14.6 Å². The highest BCUT2D eigenvalue weighted by atomic mass is 16.5. The van der Waals surface area contributed by atoms with E-state index in [0.717, 1.165) is 18.8 Å². The van der Waals surface area contributed by atoms with Crippen LogP contribution in [0, 0.1) is 10.8 Å². The minimum absolute atomic E-state index is 0.0125. The van der Waals surface area contributed by atoms with Crippen molar-refractivity contribution in [1.29, 1.82) is 0 Å². The van der Waals surface area contributed by atoms with Crippen molar-refractivity contribution < 1.29 is 19.1 Å². The fourth-order valence-electron chi connectivity index (χ4n) is 4.93. The van der Waals surface area contributed by atoms with Crippen LogP contribution in [0.3, 0.4) is 0 Å². The number of rotatable bonds is 5. The van der Waals surface area contributed by atoms with Crippen LogP contribution in [0.25, 0.3) is 28.0 Å². The lowest BCUT2D eigenvalue weighted by atomic mass is 9.95. The fourth-order valence-corrected chi connectivity index (χ4v) is 4.93. The average molecular weight is 589 g/mol. The summed E-state index contributed by atoms with van der Waals surface area (Å²) in [6.45, 7) is 17.7. The number of esters is 1. The number of nitrogens with zero attached hydrogens (tertiary/aromatic N) is 5. The number of carbonyl (C=O) groups excluding carboxylic acids is 2. The average Bonchev–Trinajstić information content (AvgIpc) is 3.52. The first kappa shape index (κ1) is 30.2. The van der Waals surface area contributed by atoms with Crippen LogP contribution in [-0.2, 0) is 9.53 Å². The predicted octanol–water partition coefficient (Wildman–Crippen LogP) is 5.18. The summed E-state index contributed by atoms with van der Waals surface area (Å²) >= 11 is 0. The van der Waals surface area contributed by atoms with E-state index in [1.165, 1.54) is 9.25 Å². The van der Waals surface area contributed by atoms with Crippen molar-refractivity contribution in [3.63, 3.8) is 0 Å². The van der Waals surface area contributed by atoms with Crippen LogP contribution in [0.4, 0.5) is 5.69 Å². The molecule has 43 heavy (non-hydrogen) atoms. The SMILES string of the molecule is CC(C)c1nn(C(=O)C(C)(C)C)c2cc(OC(=O)C(C)(C)C)c(-c3n[nH]c(=O)n3-c3ccc(N4CCOCC4)cc3)cc12. The Hall–Kier alpha value is -4.25. The Labute approximate surface area is 250 Å². The van der Waals surface area contributed by atoms with E-state index < -0.39 is 22.5 Å². The molecule has 0 amide bonds. The number of fused-ring (bicyclic) bond motifs is 1. The maximum atomic E-state index is 13.5. The lowest BCUT2D eigenvalue weighted by molar-refractivity contribution is -0.142. The topological polar surface area (TPSA) is 124 Å². The highest BCUT2D eigenvalue weighted by Crippen LogP contribution is 2.38. The molecule has 0 radical (unpaired) electrons. The van der Waals surface area contributed by atoms with Crippen molar-refractivity contribution >= 4 is 28.5 Å². The van der Waals surface area contributed by atoms with Crippen molar-refractivity contribution in [1.82, 2.24) is 24.5 Å². The maximum absolute atomic E-state index is 13.5. The number of morpholine rings is 1. The number of carbonyl (C=O) groups is 2. The van der Waals surface area contributed by atoms with Gasteiger partial charge in [0.05, 0.1) is 41.1 Å². The largest absolute Gasteiger partial charge is 0.425 e. The molecule has 1 fully saturated rings. The Morgan fingerprint density at radius 1 is 0.953 bits per heavy atom. The summed E-state index contributed by atoms with van der Waals surface area (Å²) < 4.78 is 14.3. The lowest BCUT2D eigenvalue weighted by Gasteiger charge is -2.28. The number of aromatic amines is 1. The van der Waals surface area contributed by atoms with Gasteiger partial charge in [-0.3, -0.25) is 9.59 Å². The number of ether oxygens (including phenoxy) is 2. The Bertz CT molecular complexity index is 1730. The van der Waals surface area contributed by atoms with E-state index in [9.17, 15) is 14.4 Å². The smallest absolute Gasteiger partial charge is 0.348 e. The molecule has 3 heterocycles. The zero-order valence-corrected chi connectivity index (χ0v) is 26.1. The molecule has 0 saturated carbocycles. The molecule has 11 nitrogen and oxygen atoms in total. The minimum atomic E-state index is -0.808.